The van der Waals surface area contributed by atoms with Crippen molar-refractivity contribution in [3.05, 3.63) is 16.3 Å². The Kier molecular flexibility index (Phi) is 3.83. The van der Waals surface area contributed by atoms with Crippen LogP contribution in [0.3, 0.4) is 0 Å². The Morgan fingerprint density at radius 2 is 2.38 bits per heavy atom. The molecule has 1 rings (SSSR count). The molecule has 7 heteroatoms. The van der Waals surface area contributed by atoms with Crippen molar-refractivity contribution in [3.63, 3.8) is 0 Å². The number of aliphatic hydroxyl groups excluding tert-OH is 1. The predicted octanol–water partition coefficient (Wildman–Crippen LogP) is 0.535. The van der Waals surface area contributed by atoms with E-state index < -0.39 is 11.0 Å². The predicted molar refractivity (Wildman–Crippen MR) is 59.4 cm³/mol. The van der Waals surface area contributed by atoms with Crippen molar-refractivity contribution in [2.45, 2.75) is 19.4 Å². The zero-order chi connectivity index (χ0) is 12.3. The number of aliphatic hydroxyl groups is 1. The summed E-state index contributed by atoms with van der Waals surface area (Å²) in [6.45, 7) is 2.20. The maximum absolute atomic E-state index is 10.8. The lowest BCUT2D eigenvalue weighted by molar-refractivity contribution is -0.384. The summed E-state index contributed by atoms with van der Waals surface area (Å²) < 4.78 is 1.41. The normalized spacial score (nSPS) is 12.5. The number of hydrogen-bond donors (Lipinski definition) is 1. The monoisotopic (exact) mass is 228 g/mol. The van der Waals surface area contributed by atoms with Gasteiger partial charge in [0.1, 0.15) is 6.20 Å². The topological polar surface area (TPSA) is 84.4 Å². The number of nitro groups is 1. The van der Waals surface area contributed by atoms with Gasteiger partial charge >= 0.3 is 5.69 Å². The van der Waals surface area contributed by atoms with Gasteiger partial charge < -0.3 is 10.0 Å². The summed E-state index contributed by atoms with van der Waals surface area (Å²) in [5, 5.41) is 23.9. The fourth-order valence-electron chi connectivity index (χ4n) is 1.35. The summed E-state index contributed by atoms with van der Waals surface area (Å²) >= 11 is 0. The van der Waals surface area contributed by atoms with E-state index >= 15 is 0 Å². The number of anilines is 1. The van der Waals surface area contributed by atoms with E-state index in [1.54, 1.807) is 25.9 Å². The molecule has 0 saturated heterocycles. The van der Waals surface area contributed by atoms with E-state index in [0.29, 0.717) is 18.8 Å². The van der Waals surface area contributed by atoms with Crippen LogP contribution in [0.2, 0.25) is 0 Å². The highest BCUT2D eigenvalue weighted by atomic mass is 16.6. The highest BCUT2D eigenvalue weighted by Gasteiger charge is 2.21. The molecule has 0 spiro atoms. The molecule has 90 valence electrons. The summed E-state index contributed by atoms with van der Waals surface area (Å²) in [5.74, 6) is 0.327. The Morgan fingerprint density at radius 3 is 2.88 bits per heavy atom. The third-order valence-electron chi connectivity index (χ3n) is 2.23. The minimum Gasteiger partial charge on any atom is -0.393 e. The van der Waals surface area contributed by atoms with Crippen LogP contribution in [0.4, 0.5) is 11.5 Å². The molecule has 0 aliphatic carbocycles. The second-order valence-corrected chi connectivity index (χ2v) is 3.83. The Hall–Kier alpha value is -1.63. The van der Waals surface area contributed by atoms with Crippen LogP contribution in [0.1, 0.15) is 13.3 Å². The van der Waals surface area contributed by atoms with Gasteiger partial charge in [-0.05, 0) is 13.3 Å². The van der Waals surface area contributed by atoms with Crippen LogP contribution in [0.15, 0.2) is 6.20 Å². The molecule has 0 bridgehead atoms. The van der Waals surface area contributed by atoms with Crippen LogP contribution in [-0.4, -0.2) is 39.5 Å². The standard InChI is InChI=1S/C9H16N4O3/c1-7(14)4-5-11(2)9-8(13(15)16)6-12(3)10-9/h6-7,14H,4-5H2,1-3H3. The van der Waals surface area contributed by atoms with Crippen molar-refractivity contribution < 1.29 is 10.0 Å². The second-order valence-electron chi connectivity index (χ2n) is 3.83. The maximum Gasteiger partial charge on any atom is 0.330 e. The Morgan fingerprint density at radius 1 is 1.75 bits per heavy atom. The third-order valence-corrected chi connectivity index (χ3v) is 2.23. The minimum absolute atomic E-state index is 0.0180. The van der Waals surface area contributed by atoms with Gasteiger partial charge in [0.25, 0.3) is 0 Å². The zero-order valence-corrected chi connectivity index (χ0v) is 9.62. The van der Waals surface area contributed by atoms with E-state index in [1.807, 2.05) is 0 Å². The van der Waals surface area contributed by atoms with Gasteiger partial charge in [-0.25, -0.2) is 0 Å². The summed E-state index contributed by atoms with van der Waals surface area (Å²) in [7, 11) is 3.36. The van der Waals surface area contributed by atoms with Crippen molar-refractivity contribution in [2.24, 2.45) is 7.05 Å². The third kappa shape index (κ3) is 2.93. The lowest BCUT2D eigenvalue weighted by atomic mass is 10.3. The number of nitrogens with zero attached hydrogens (tertiary/aromatic N) is 4. The molecule has 1 atom stereocenters. The fraction of sp³-hybridized carbons (Fsp3) is 0.667. The Bertz CT molecular complexity index is 375. The average Bonchev–Trinajstić information content (AvgIpc) is 2.56. The van der Waals surface area contributed by atoms with Crippen molar-refractivity contribution in [1.82, 2.24) is 9.78 Å². The van der Waals surface area contributed by atoms with E-state index in [9.17, 15) is 10.1 Å². The molecule has 0 saturated carbocycles. The van der Waals surface area contributed by atoms with E-state index in [1.165, 1.54) is 10.9 Å². The summed E-state index contributed by atoms with van der Waals surface area (Å²) in [5.41, 5.74) is -0.0180. The molecule has 1 heterocycles. The molecule has 1 aromatic heterocycles. The lowest BCUT2D eigenvalue weighted by Gasteiger charge is -2.16. The molecule has 0 aliphatic rings. The molecule has 0 radical (unpaired) electrons. The zero-order valence-electron chi connectivity index (χ0n) is 9.62. The van der Waals surface area contributed by atoms with Crippen LogP contribution in [0.25, 0.3) is 0 Å². The minimum atomic E-state index is -0.457. The van der Waals surface area contributed by atoms with E-state index in [-0.39, 0.29) is 5.69 Å². The molecule has 0 aromatic carbocycles. The van der Waals surface area contributed by atoms with Crippen LogP contribution in [0.5, 0.6) is 0 Å². The molecule has 0 amide bonds. The number of hydrogen-bond acceptors (Lipinski definition) is 5. The Balaban J connectivity index is 2.81. The van der Waals surface area contributed by atoms with E-state index in [2.05, 4.69) is 5.10 Å². The largest absolute Gasteiger partial charge is 0.393 e. The van der Waals surface area contributed by atoms with Gasteiger partial charge in [-0.2, -0.15) is 0 Å². The second kappa shape index (κ2) is 4.93. The van der Waals surface area contributed by atoms with Crippen LogP contribution >= 0.6 is 0 Å². The highest BCUT2D eigenvalue weighted by molar-refractivity contribution is 5.56. The smallest absolute Gasteiger partial charge is 0.330 e. The van der Waals surface area contributed by atoms with Crippen molar-refractivity contribution >= 4 is 11.5 Å². The van der Waals surface area contributed by atoms with E-state index in [4.69, 9.17) is 5.11 Å². The molecule has 0 fully saturated rings. The van der Waals surface area contributed by atoms with Crippen molar-refractivity contribution in [2.75, 3.05) is 18.5 Å². The molecule has 0 aliphatic heterocycles. The first-order chi connectivity index (χ1) is 7.41. The van der Waals surface area contributed by atoms with Gasteiger partial charge in [0.05, 0.1) is 11.0 Å². The molecule has 1 N–H and O–H groups in total. The van der Waals surface area contributed by atoms with Crippen LogP contribution in [-0.2, 0) is 7.05 Å². The molecule has 1 aromatic rings. The van der Waals surface area contributed by atoms with Crippen molar-refractivity contribution in [1.29, 1.82) is 0 Å². The van der Waals surface area contributed by atoms with E-state index in [0.717, 1.165) is 0 Å². The van der Waals surface area contributed by atoms with Gasteiger partial charge in [-0.3, -0.25) is 14.8 Å². The quantitative estimate of drug-likeness (QED) is 0.587. The number of aromatic nitrogens is 2. The highest BCUT2D eigenvalue weighted by Crippen LogP contribution is 2.24. The van der Waals surface area contributed by atoms with Crippen LogP contribution < -0.4 is 4.90 Å². The van der Waals surface area contributed by atoms with Gasteiger partial charge in [0.2, 0.25) is 5.82 Å². The SMILES string of the molecule is CC(O)CCN(C)c1nn(C)cc1[N+](=O)[O-]. The molecular formula is C9H16N4O3. The summed E-state index contributed by atoms with van der Waals surface area (Å²) in [6, 6.07) is 0. The van der Waals surface area contributed by atoms with Gasteiger partial charge in [-0.1, -0.05) is 0 Å². The van der Waals surface area contributed by atoms with Gasteiger partial charge in [-0.15, -0.1) is 5.10 Å². The fourth-order valence-corrected chi connectivity index (χ4v) is 1.35. The first kappa shape index (κ1) is 12.4. The molecule has 1 unspecified atom stereocenters. The first-order valence-electron chi connectivity index (χ1n) is 4.99. The van der Waals surface area contributed by atoms with Gasteiger partial charge in [0, 0.05) is 20.6 Å². The molecule has 7 nitrogen and oxygen atoms in total. The number of rotatable bonds is 5. The van der Waals surface area contributed by atoms with Crippen LogP contribution in [0, 0.1) is 10.1 Å². The number of aryl methyl sites for hydroxylation is 1. The summed E-state index contributed by atoms with van der Waals surface area (Å²) in [6.07, 6.45) is 1.49. The first-order valence-corrected chi connectivity index (χ1v) is 4.99. The summed E-state index contributed by atoms with van der Waals surface area (Å²) in [4.78, 5) is 12.0. The maximum atomic E-state index is 10.8. The Labute approximate surface area is 93.4 Å². The molecular weight excluding hydrogens is 212 g/mol. The van der Waals surface area contributed by atoms with Crippen molar-refractivity contribution in [3.8, 4) is 0 Å². The average molecular weight is 228 g/mol. The van der Waals surface area contributed by atoms with Gasteiger partial charge in [0.15, 0.2) is 0 Å². The lowest BCUT2D eigenvalue weighted by Crippen LogP contribution is -2.23. The molecule has 16 heavy (non-hydrogen) atoms.